The summed E-state index contributed by atoms with van der Waals surface area (Å²) in [5.41, 5.74) is 0. The topological polar surface area (TPSA) is 72.4 Å². The van der Waals surface area contributed by atoms with Crippen molar-refractivity contribution in [2.45, 2.75) is 24.2 Å². The highest BCUT2D eigenvalue weighted by Crippen LogP contribution is 2.23. The van der Waals surface area contributed by atoms with Gasteiger partial charge in [-0.3, -0.25) is 0 Å². The van der Waals surface area contributed by atoms with Gasteiger partial charge in [-0.1, -0.05) is 17.5 Å². The Morgan fingerprint density at radius 2 is 2.25 bits per heavy atom. The molecule has 2 atom stereocenters. The van der Waals surface area contributed by atoms with Crippen molar-refractivity contribution in [1.82, 2.24) is 9.97 Å². The van der Waals surface area contributed by atoms with Crippen LogP contribution >= 0.6 is 11.6 Å². The number of hydrogen-bond donors (Lipinski definition) is 0. The molecule has 1 aliphatic heterocycles. The van der Waals surface area contributed by atoms with Crippen LogP contribution in [0.3, 0.4) is 0 Å². The minimum atomic E-state index is -3.54. The van der Waals surface area contributed by atoms with Gasteiger partial charge in [-0.05, 0) is 6.92 Å². The second-order valence-corrected chi connectivity index (χ2v) is 6.88. The monoisotopic (exact) mass is 315 g/mol. The quantitative estimate of drug-likeness (QED) is 0.456. The van der Waals surface area contributed by atoms with Gasteiger partial charge in [-0.15, -0.1) is 6.42 Å². The number of sulfone groups is 1. The molecular formula is C12H14ClN3O3S. The molecule has 0 bridgehead atoms. The van der Waals surface area contributed by atoms with Gasteiger partial charge in [0.2, 0.25) is 15.0 Å². The number of aromatic nitrogens is 2. The summed E-state index contributed by atoms with van der Waals surface area (Å²) >= 11 is 5.88. The van der Waals surface area contributed by atoms with Crippen LogP contribution in [-0.2, 0) is 14.6 Å². The normalized spacial score (nSPS) is 23.4. The molecule has 6 nitrogen and oxygen atoms in total. The van der Waals surface area contributed by atoms with E-state index in [0.717, 1.165) is 6.26 Å². The van der Waals surface area contributed by atoms with E-state index in [1.165, 1.54) is 6.07 Å². The number of anilines is 1. The van der Waals surface area contributed by atoms with Crippen molar-refractivity contribution >= 4 is 27.3 Å². The average Bonchev–Trinajstić information content (AvgIpc) is 2.37. The van der Waals surface area contributed by atoms with Gasteiger partial charge in [0.1, 0.15) is 17.0 Å². The largest absolute Gasteiger partial charge is 0.373 e. The van der Waals surface area contributed by atoms with Crippen LogP contribution in [0.5, 0.6) is 0 Å². The molecule has 2 rings (SSSR count). The van der Waals surface area contributed by atoms with E-state index in [9.17, 15) is 8.42 Å². The molecule has 1 fully saturated rings. The molecule has 0 amide bonds. The minimum absolute atomic E-state index is 0.0324. The Morgan fingerprint density at radius 3 is 2.85 bits per heavy atom. The van der Waals surface area contributed by atoms with E-state index in [0.29, 0.717) is 19.0 Å². The SMILES string of the molecule is C#CC1COC(C)CN1c1cc(Cl)nc(S(C)(=O)=O)n1. The first-order chi connectivity index (χ1) is 9.31. The third-order valence-electron chi connectivity index (χ3n) is 2.85. The zero-order valence-corrected chi connectivity index (χ0v) is 12.6. The van der Waals surface area contributed by atoms with E-state index < -0.39 is 9.84 Å². The van der Waals surface area contributed by atoms with Crippen LogP contribution < -0.4 is 4.90 Å². The van der Waals surface area contributed by atoms with Gasteiger partial charge in [0.25, 0.3) is 0 Å². The van der Waals surface area contributed by atoms with Gasteiger partial charge >= 0.3 is 0 Å². The molecule has 0 saturated carbocycles. The number of nitrogens with zero attached hydrogens (tertiary/aromatic N) is 3. The second kappa shape index (κ2) is 5.56. The average molecular weight is 316 g/mol. The van der Waals surface area contributed by atoms with Crippen molar-refractivity contribution in [3.63, 3.8) is 0 Å². The third-order valence-corrected chi connectivity index (χ3v) is 3.89. The van der Waals surface area contributed by atoms with Gasteiger partial charge in [0.05, 0.1) is 12.7 Å². The summed E-state index contributed by atoms with van der Waals surface area (Å²) in [4.78, 5) is 9.58. The maximum absolute atomic E-state index is 11.6. The molecular weight excluding hydrogens is 302 g/mol. The first-order valence-electron chi connectivity index (χ1n) is 5.90. The van der Waals surface area contributed by atoms with Crippen molar-refractivity contribution < 1.29 is 13.2 Å². The molecule has 1 aliphatic rings. The summed E-state index contributed by atoms with van der Waals surface area (Å²) in [5, 5.41) is -0.250. The van der Waals surface area contributed by atoms with Gasteiger partial charge in [-0.2, -0.15) is 0 Å². The lowest BCUT2D eigenvalue weighted by molar-refractivity contribution is 0.0410. The third kappa shape index (κ3) is 3.20. The lowest BCUT2D eigenvalue weighted by Crippen LogP contribution is -2.48. The van der Waals surface area contributed by atoms with E-state index in [1.807, 2.05) is 6.92 Å². The molecule has 0 radical (unpaired) electrons. The fraction of sp³-hybridized carbons (Fsp3) is 0.500. The van der Waals surface area contributed by atoms with E-state index in [1.54, 1.807) is 4.90 Å². The van der Waals surface area contributed by atoms with Gasteiger partial charge in [0.15, 0.2) is 0 Å². The van der Waals surface area contributed by atoms with Crippen molar-refractivity contribution in [3.8, 4) is 12.3 Å². The van der Waals surface area contributed by atoms with Crippen LogP contribution in [0.15, 0.2) is 11.2 Å². The fourth-order valence-electron chi connectivity index (χ4n) is 1.89. The summed E-state index contributed by atoms with van der Waals surface area (Å²) in [7, 11) is -3.54. The molecule has 0 spiro atoms. The number of halogens is 1. The van der Waals surface area contributed by atoms with Gasteiger partial charge in [0, 0.05) is 18.9 Å². The first-order valence-corrected chi connectivity index (χ1v) is 8.17. The number of rotatable bonds is 2. The molecule has 1 aromatic rings. The maximum Gasteiger partial charge on any atom is 0.250 e. The van der Waals surface area contributed by atoms with Crippen molar-refractivity contribution in [3.05, 3.63) is 11.2 Å². The summed E-state index contributed by atoms with van der Waals surface area (Å²) < 4.78 is 28.6. The van der Waals surface area contributed by atoms with Crippen LogP contribution in [0.25, 0.3) is 0 Å². The number of hydrogen-bond acceptors (Lipinski definition) is 6. The lowest BCUT2D eigenvalue weighted by Gasteiger charge is -2.36. The van der Waals surface area contributed by atoms with Crippen LogP contribution in [0.1, 0.15) is 6.92 Å². The minimum Gasteiger partial charge on any atom is -0.373 e. The standard InChI is InChI=1S/C12H14ClN3O3S/c1-4-9-7-19-8(2)6-16(9)11-5-10(13)14-12(15-11)20(3,17)18/h1,5,8-9H,6-7H2,2-3H3. The van der Waals surface area contributed by atoms with Crippen LogP contribution in [0, 0.1) is 12.3 Å². The summed E-state index contributed by atoms with van der Waals surface area (Å²) in [6.45, 7) is 2.76. The van der Waals surface area contributed by atoms with Crippen LogP contribution in [0.2, 0.25) is 5.15 Å². The summed E-state index contributed by atoms with van der Waals surface area (Å²) in [6, 6.07) is 1.18. The number of morpholine rings is 1. The Morgan fingerprint density at radius 1 is 1.55 bits per heavy atom. The number of ether oxygens (including phenoxy) is 1. The zero-order valence-electron chi connectivity index (χ0n) is 11.1. The fourth-order valence-corrected chi connectivity index (χ4v) is 2.64. The Balaban J connectivity index is 2.46. The Hall–Kier alpha value is -1.36. The molecule has 108 valence electrons. The molecule has 1 aromatic heterocycles. The smallest absolute Gasteiger partial charge is 0.250 e. The molecule has 8 heteroatoms. The van der Waals surface area contributed by atoms with E-state index in [4.69, 9.17) is 22.8 Å². The van der Waals surface area contributed by atoms with Crippen LogP contribution in [-0.4, -0.2) is 49.9 Å². The Kier molecular flexibility index (Phi) is 4.18. The van der Waals surface area contributed by atoms with E-state index in [2.05, 4.69) is 15.9 Å². The summed E-state index contributed by atoms with van der Waals surface area (Å²) in [6.07, 6.45) is 6.47. The maximum atomic E-state index is 11.6. The Bertz CT molecular complexity index is 656. The molecule has 2 heterocycles. The first kappa shape index (κ1) is 15.0. The molecule has 0 N–H and O–H groups in total. The predicted molar refractivity (Wildman–Crippen MR) is 75.5 cm³/mol. The zero-order chi connectivity index (χ0) is 14.9. The van der Waals surface area contributed by atoms with Gasteiger partial charge in [-0.25, -0.2) is 18.4 Å². The van der Waals surface area contributed by atoms with E-state index >= 15 is 0 Å². The highest BCUT2D eigenvalue weighted by atomic mass is 35.5. The molecule has 1 saturated heterocycles. The second-order valence-electron chi connectivity index (χ2n) is 4.58. The molecule has 0 aliphatic carbocycles. The van der Waals surface area contributed by atoms with Gasteiger partial charge < -0.3 is 9.64 Å². The molecule has 20 heavy (non-hydrogen) atoms. The van der Waals surface area contributed by atoms with Crippen molar-refractivity contribution in [2.75, 3.05) is 24.3 Å². The summed E-state index contributed by atoms with van der Waals surface area (Å²) in [5.74, 6) is 2.99. The van der Waals surface area contributed by atoms with Crippen molar-refractivity contribution in [2.24, 2.45) is 0 Å². The highest BCUT2D eigenvalue weighted by Gasteiger charge is 2.28. The van der Waals surface area contributed by atoms with Crippen LogP contribution in [0.4, 0.5) is 5.82 Å². The van der Waals surface area contributed by atoms with E-state index in [-0.39, 0.29) is 22.5 Å². The number of terminal acetylenes is 1. The van der Waals surface area contributed by atoms with Crippen molar-refractivity contribution in [1.29, 1.82) is 0 Å². The molecule has 2 unspecified atom stereocenters. The lowest BCUT2D eigenvalue weighted by atomic mass is 10.2. The predicted octanol–water partition coefficient (Wildman–Crippen LogP) is 0.760. The highest BCUT2D eigenvalue weighted by molar-refractivity contribution is 7.90. The molecule has 0 aromatic carbocycles. The Labute approximate surface area is 123 Å².